The van der Waals surface area contributed by atoms with Crippen LogP contribution < -0.4 is 0 Å². The van der Waals surface area contributed by atoms with Gasteiger partial charge in [0.25, 0.3) is 0 Å². The minimum Gasteiger partial charge on any atom is -0.480 e. The van der Waals surface area contributed by atoms with Gasteiger partial charge >= 0.3 is 24.0 Å². The van der Waals surface area contributed by atoms with Crippen LogP contribution in [0.3, 0.4) is 0 Å². The molecule has 1 amide bonds. The van der Waals surface area contributed by atoms with Gasteiger partial charge in [0, 0.05) is 26.2 Å². The molecule has 0 aromatic carbocycles. The molecule has 1 fully saturated rings. The average molecular weight is 347 g/mol. The lowest BCUT2D eigenvalue weighted by atomic mass is 9.98. The van der Waals surface area contributed by atoms with Crippen LogP contribution in [0.1, 0.15) is 6.92 Å². The zero-order chi connectivity index (χ0) is 18.5. The first-order valence-electron chi connectivity index (χ1n) is 7.14. The second-order valence-corrected chi connectivity index (χ2v) is 5.97. The Bertz CT molecular complexity index is 497. The van der Waals surface area contributed by atoms with Crippen LogP contribution in [-0.2, 0) is 14.4 Å². The fraction of sp³-hybridized carbons (Fsp3) is 0.692. The van der Waals surface area contributed by atoms with Crippen molar-refractivity contribution >= 4 is 24.0 Å². The molecule has 0 aliphatic carbocycles. The first-order valence-corrected chi connectivity index (χ1v) is 7.14. The number of carboxylic acids is 3. The molecule has 0 saturated carbocycles. The van der Waals surface area contributed by atoms with Crippen LogP contribution in [0, 0.1) is 0 Å². The molecule has 0 radical (unpaired) electrons. The van der Waals surface area contributed by atoms with E-state index in [0.29, 0.717) is 4.90 Å². The zero-order valence-corrected chi connectivity index (χ0v) is 13.2. The summed E-state index contributed by atoms with van der Waals surface area (Å²) in [6, 6.07) is 0. The summed E-state index contributed by atoms with van der Waals surface area (Å²) in [6.45, 7) is 0.427. The fourth-order valence-corrected chi connectivity index (χ4v) is 2.90. The maximum absolute atomic E-state index is 11.5. The predicted octanol–water partition coefficient (Wildman–Crippen LogP) is -1.40. The summed E-state index contributed by atoms with van der Waals surface area (Å²) < 4.78 is 0. The minimum absolute atomic E-state index is 0.0189. The van der Waals surface area contributed by atoms with Crippen molar-refractivity contribution in [3.05, 3.63) is 0 Å². The van der Waals surface area contributed by atoms with Crippen LogP contribution in [0.25, 0.3) is 0 Å². The number of carboxylic acid groups (broad SMARTS) is 4. The summed E-state index contributed by atoms with van der Waals surface area (Å²) in [6.07, 6.45) is -1.47. The molecule has 1 aliphatic rings. The quantitative estimate of drug-likeness (QED) is 0.431. The smallest absolute Gasteiger partial charge is 0.408 e. The highest BCUT2D eigenvalue weighted by atomic mass is 16.4. The molecular formula is C13H21N3O8. The molecule has 11 heteroatoms. The number of nitrogens with zero attached hydrogens (tertiary/aromatic N) is 3. The van der Waals surface area contributed by atoms with Crippen molar-refractivity contribution in [1.29, 1.82) is 0 Å². The average Bonchev–Trinajstić information content (AvgIpc) is 2.54. The van der Waals surface area contributed by atoms with Gasteiger partial charge in [-0.1, -0.05) is 0 Å². The maximum atomic E-state index is 11.5. The zero-order valence-electron chi connectivity index (χ0n) is 13.2. The number of hydrogen-bond donors (Lipinski definition) is 4. The van der Waals surface area contributed by atoms with Crippen LogP contribution >= 0.6 is 0 Å². The van der Waals surface area contributed by atoms with Gasteiger partial charge in [-0.25, -0.2) is 4.79 Å². The first kappa shape index (κ1) is 19.6. The Morgan fingerprint density at radius 2 is 1.29 bits per heavy atom. The van der Waals surface area contributed by atoms with Gasteiger partial charge in [-0.15, -0.1) is 0 Å². The van der Waals surface area contributed by atoms with E-state index in [0.717, 1.165) is 0 Å². The molecule has 4 N–H and O–H groups in total. The summed E-state index contributed by atoms with van der Waals surface area (Å²) in [4.78, 5) is 48.1. The molecule has 24 heavy (non-hydrogen) atoms. The SMILES string of the molecule is CC1(N(CC(=O)O)C(=O)O)CN(CC(=O)O)CCN(CC(=O)O)C1. The van der Waals surface area contributed by atoms with Crippen LogP contribution in [0.15, 0.2) is 0 Å². The van der Waals surface area contributed by atoms with E-state index in [-0.39, 0.29) is 39.3 Å². The Hall–Kier alpha value is -2.40. The van der Waals surface area contributed by atoms with Gasteiger partial charge in [0.1, 0.15) is 6.54 Å². The third-order valence-corrected chi connectivity index (χ3v) is 3.75. The Kier molecular flexibility index (Phi) is 6.49. The van der Waals surface area contributed by atoms with E-state index in [4.69, 9.17) is 15.3 Å². The van der Waals surface area contributed by atoms with Gasteiger partial charge in [-0.05, 0) is 6.92 Å². The molecule has 0 aromatic heterocycles. The lowest BCUT2D eigenvalue weighted by Crippen LogP contribution is -2.60. The van der Waals surface area contributed by atoms with Gasteiger partial charge in [0.15, 0.2) is 0 Å². The molecule has 0 bridgehead atoms. The van der Waals surface area contributed by atoms with E-state index in [1.54, 1.807) is 0 Å². The molecule has 136 valence electrons. The van der Waals surface area contributed by atoms with Gasteiger partial charge in [0.2, 0.25) is 0 Å². The summed E-state index contributed by atoms with van der Waals surface area (Å²) in [5.41, 5.74) is -1.27. The predicted molar refractivity (Wildman–Crippen MR) is 78.9 cm³/mol. The lowest BCUT2D eigenvalue weighted by Gasteiger charge is -2.41. The van der Waals surface area contributed by atoms with Crippen molar-refractivity contribution in [2.24, 2.45) is 0 Å². The first-order chi connectivity index (χ1) is 11.0. The summed E-state index contributed by atoms with van der Waals surface area (Å²) in [7, 11) is 0. The van der Waals surface area contributed by atoms with Crippen molar-refractivity contribution in [2.45, 2.75) is 12.5 Å². The lowest BCUT2D eigenvalue weighted by molar-refractivity contribution is -0.141. The number of hydrogen-bond acceptors (Lipinski definition) is 6. The molecule has 1 saturated heterocycles. The van der Waals surface area contributed by atoms with Gasteiger partial charge in [-0.2, -0.15) is 0 Å². The number of aliphatic carboxylic acids is 3. The molecule has 11 nitrogen and oxygen atoms in total. The topological polar surface area (TPSA) is 159 Å². The highest BCUT2D eigenvalue weighted by Gasteiger charge is 2.42. The molecule has 1 aliphatic heterocycles. The van der Waals surface area contributed by atoms with E-state index in [2.05, 4.69) is 0 Å². The van der Waals surface area contributed by atoms with Crippen molar-refractivity contribution in [1.82, 2.24) is 14.7 Å². The van der Waals surface area contributed by atoms with Crippen LogP contribution in [0.4, 0.5) is 4.79 Å². The van der Waals surface area contributed by atoms with Crippen molar-refractivity contribution in [3.8, 4) is 0 Å². The van der Waals surface area contributed by atoms with Gasteiger partial charge < -0.3 is 20.4 Å². The van der Waals surface area contributed by atoms with Gasteiger partial charge in [-0.3, -0.25) is 29.1 Å². The number of amides is 1. The Morgan fingerprint density at radius 3 is 1.58 bits per heavy atom. The largest absolute Gasteiger partial charge is 0.480 e. The van der Waals surface area contributed by atoms with Gasteiger partial charge in [0.05, 0.1) is 18.6 Å². The number of carbonyl (C=O) groups is 4. The monoisotopic (exact) mass is 347 g/mol. The highest BCUT2D eigenvalue weighted by molar-refractivity contribution is 5.76. The standard InChI is InChI=1S/C13H21N3O8/c1-13(16(12(23)24)6-11(21)22)7-14(4-9(17)18)2-3-15(8-13)5-10(19)20/h2-8H2,1H3,(H,17,18)(H,19,20)(H,21,22)(H,23,24). The Balaban J connectivity index is 3.12. The normalized spacial score (nSPS) is 18.5. The van der Waals surface area contributed by atoms with Crippen LogP contribution in [-0.4, -0.2) is 110 Å². The van der Waals surface area contributed by atoms with E-state index in [1.807, 2.05) is 0 Å². The number of rotatable bonds is 7. The second-order valence-electron chi connectivity index (χ2n) is 5.97. The maximum Gasteiger partial charge on any atom is 0.408 e. The molecule has 1 heterocycles. The summed E-state index contributed by atoms with van der Waals surface area (Å²) in [5.74, 6) is -3.56. The van der Waals surface area contributed by atoms with Crippen LogP contribution in [0.2, 0.25) is 0 Å². The van der Waals surface area contributed by atoms with E-state index in [9.17, 15) is 24.3 Å². The van der Waals surface area contributed by atoms with Crippen molar-refractivity contribution in [2.75, 3.05) is 45.8 Å². The summed E-state index contributed by atoms with van der Waals surface area (Å²) in [5, 5.41) is 36.2. The third-order valence-electron chi connectivity index (χ3n) is 3.75. The summed E-state index contributed by atoms with van der Waals surface area (Å²) >= 11 is 0. The Morgan fingerprint density at radius 1 is 0.875 bits per heavy atom. The second kappa shape index (κ2) is 7.93. The molecule has 1 rings (SSSR count). The molecule has 0 spiro atoms. The van der Waals surface area contributed by atoms with E-state index in [1.165, 1.54) is 16.7 Å². The molecular weight excluding hydrogens is 326 g/mol. The molecule has 0 aromatic rings. The van der Waals surface area contributed by atoms with E-state index < -0.39 is 36.1 Å². The van der Waals surface area contributed by atoms with Crippen molar-refractivity contribution < 1.29 is 39.6 Å². The van der Waals surface area contributed by atoms with Crippen molar-refractivity contribution in [3.63, 3.8) is 0 Å². The minimum atomic E-state index is -1.47. The fourth-order valence-electron chi connectivity index (χ4n) is 2.90. The molecule has 0 atom stereocenters. The third kappa shape index (κ3) is 5.66. The molecule has 0 unspecified atom stereocenters. The Labute approximate surface area is 137 Å². The highest BCUT2D eigenvalue weighted by Crippen LogP contribution is 2.22. The van der Waals surface area contributed by atoms with E-state index >= 15 is 0 Å². The van der Waals surface area contributed by atoms with Crippen LogP contribution in [0.5, 0.6) is 0 Å².